The Kier molecular flexibility index (Phi) is 7.51. The largest absolute Gasteiger partial charge is 0.439 e. The summed E-state index contributed by atoms with van der Waals surface area (Å²) in [4.78, 5) is 4.75. The van der Waals surface area contributed by atoms with Crippen LogP contribution in [0.5, 0.6) is 0 Å². The topological polar surface area (TPSA) is 24.0 Å². The van der Waals surface area contributed by atoms with Crippen molar-refractivity contribution in [2.45, 2.75) is 47.0 Å². The van der Waals surface area contributed by atoms with E-state index in [-0.39, 0.29) is 5.41 Å². The van der Waals surface area contributed by atoms with Crippen molar-refractivity contribution in [3.05, 3.63) is 197 Å². The van der Waals surface area contributed by atoms with Crippen molar-refractivity contribution < 1.29 is 4.42 Å². The zero-order valence-corrected chi connectivity index (χ0v) is 35.3. The van der Waals surface area contributed by atoms with Crippen molar-refractivity contribution in [1.82, 2.24) is 4.40 Å². The fourth-order valence-corrected chi connectivity index (χ4v) is 10.6. The summed E-state index contributed by atoms with van der Waals surface area (Å²) in [6, 6.07) is 60.3. The minimum absolute atomic E-state index is 0.284. The second-order valence-corrected chi connectivity index (χ2v) is 17.8. The third-order valence-electron chi connectivity index (χ3n) is 13.2. The van der Waals surface area contributed by atoms with Crippen molar-refractivity contribution in [1.29, 1.82) is 0 Å². The van der Waals surface area contributed by atoms with E-state index in [0.29, 0.717) is 0 Å². The van der Waals surface area contributed by atoms with Crippen molar-refractivity contribution >= 4 is 83.3 Å². The fraction of sp³-hybridized carbons (Fsp3) is 0.123. The highest BCUT2D eigenvalue weighted by Crippen LogP contribution is 2.58. The maximum Gasteiger partial charge on any atom is 0.213 e. The van der Waals surface area contributed by atoms with Gasteiger partial charge in [0.1, 0.15) is 5.58 Å². The van der Waals surface area contributed by atoms with Crippen LogP contribution < -0.4 is 9.80 Å². The van der Waals surface area contributed by atoms with Gasteiger partial charge in [0, 0.05) is 67.3 Å². The van der Waals surface area contributed by atoms with E-state index in [1.807, 2.05) is 0 Å². The maximum absolute atomic E-state index is 7.24. The van der Waals surface area contributed by atoms with Crippen LogP contribution in [0.1, 0.15) is 47.2 Å². The van der Waals surface area contributed by atoms with E-state index in [0.717, 1.165) is 50.8 Å². The first-order valence-corrected chi connectivity index (χ1v) is 21.3. The average Bonchev–Trinajstić information content (AvgIpc) is 3.95. The summed E-state index contributed by atoms with van der Waals surface area (Å²) in [6.45, 7) is 13.5. The third-order valence-corrected chi connectivity index (χ3v) is 13.2. The molecule has 0 aliphatic heterocycles. The number of benzene rings is 8. The number of fused-ring (bicyclic) bond motifs is 12. The van der Waals surface area contributed by atoms with Gasteiger partial charge in [0.25, 0.3) is 0 Å². The second-order valence-electron chi connectivity index (χ2n) is 17.8. The molecule has 0 bridgehead atoms. The van der Waals surface area contributed by atoms with E-state index in [1.54, 1.807) is 0 Å². The highest BCUT2D eigenvalue weighted by molar-refractivity contribution is 6.32. The molecule has 0 saturated heterocycles. The number of aryl methyl sites for hydroxylation is 4. The summed E-state index contributed by atoms with van der Waals surface area (Å²) in [5.74, 6) is 0. The molecule has 0 atom stereocenters. The molecule has 4 heteroatoms. The Morgan fingerprint density at radius 3 is 1.56 bits per heavy atom. The minimum Gasteiger partial charge on any atom is -0.439 e. The lowest BCUT2D eigenvalue weighted by Gasteiger charge is -2.28. The first kappa shape index (κ1) is 35.6. The van der Waals surface area contributed by atoms with Gasteiger partial charge >= 0.3 is 0 Å². The van der Waals surface area contributed by atoms with Crippen LogP contribution in [0.25, 0.3) is 60.4 Å². The van der Waals surface area contributed by atoms with E-state index < -0.39 is 0 Å². The maximum atomic E-state index is 7.24. The van der Waals surface area contributed by atoms with Crippen LogP contribution in [0.4, 0.5) is 34.1 Å². The molecule has 12 rings (SSSR count). The van der Waals surface area contributed by atoms with Crippen LogP contribution in [-0.2, 0) is 5.41 Å². The SMILES string of the molecule is Cc1cccc(N(c2cccc(C)c2)c2ccc3c(c2)C(C)(C)c2c-3n3c4oc5cc(N(c6cccc(C)c6)c6cccc(C)c6)ccc5c4c4c5ccccc5cc2c43)c1. The Bertz CT molecular complexity index is 3490. The van der Waals surface area contributed by atoms with Gasteiger partial charge in [-0.15, -0.1) is 0 Å². The molecule has 0 unspecified atom stereocenters. The lowest BCUT2D eigenvalue weighted by Crippen LogP contribution is -2.16. The number of hydrogen-bond donors (Lipinski definition) is 0. The molecule has 0 spiro atoms. The molecule has 294 valence electrons. The summed E-state index contributed by atoms with van der Waals surface area (Å²) < 4.78 is 9.70. The summed E-state index contributed by atoms with van der Waals surface area (Å²) >= 11 is 0. The lowest BCUT2D eigenvalue weighted by atomic mass is 9.81. The first-order chi connectivity index (χ1) is 29.6. The Morgan fingerprint density at radius 1 is 0.459 bits per heavy atom. The van der Waals surface area contributed by atoms with Crippen LogP contribution in [0.3, 0.4) is 0 Å². The molecular formula is C57H45N3O. The van der Waals surface area contributed by atoms with E-state index >= 15 is 0 Å². The van der Waals surface area contributed by atoms with Crippen LogP contribution >= 0.6 is 0 Å². The molecule has 0 amide bonds. The molecule has 3 heterocycles. The van der Waals surface area contributed by atoms with Gasteiger partial charge in [-0.25, -0.2) is 0 Å². The molecule has 1 aliphatic carbocycles. The van der Waals surface area contributed by atoms with Gasteiger partial charge in [0.15, 0.2) is 0 Å². The molecule has 4 nitrogen and oxygen atoms in total. The van der Waals surface area contributed by atoms with E-state index in [4.69, 9.17) is 4.42 Å². The standard InChI is InChI=1S/C57H45N3O/c1-34-13-9-18-39(27-34)58(40-19-10-14-35(2)28-40)43-23-25-46-49(32-43)57(5,6)53-48-31-38-17-7-8-22-45(38)51-52-47-26-24-44(33-50(47)61-56(52)60(54(48)51)55(46)53)59(41-20-11-15-36(3)29-41)42-21-12-16-37(4)30-42/h7-33H,1-6H3. The van der Waals surface area contributed by atoms with E-state index in [2.05, 4.69) is 220 Å². The number of furan rings is 1. The fourth-order valence-electron chi connectivity index (χ4n) is 10.6. The monoisotopic (exact) mass is 787 g/mol. The summed E-state index contributed by atoms with van der Waals surface area (Å²) in [7, 11) is 0. The Morgan fingerprint density at radius 2 is 0.984 bits per heavy atom. The van der Waals surface area contributed by atoms with Gasteiger partial charge in [0.05, 0.1) is 16.6 Å². The number of anilines is 6. The lowest BCUT2D eigenvalue weighted by molar-refractivity contribution is 0.649. The summed E-state index contributed by atoms with van der Waals surface area (Å²) in [5, 5.41) is 7.35. The zero-order valence-electron chi connectivity index (χ0n) is 35.3. The molecule has 0 fully saturated rings. The van der Waals surface area contributed by atoms with Crippen molar-refractivity contribution in [3.63, 3.8) is 0 Å². The van der Waals surface area contributed by atoms with Gasteiger partial charge in [-0.1, -0.05) is 92.7 Å². The van der Waals surface area contributed by atoms with Gasteiger partial charge in [-0.05, 0) is 151 Å². The Labute approximate surface area is 355 Å². The highest BCUT2D eigenvalue weighted by Gasteiger charge is 2.42. The molecule has 8 aromatic carbocycles. The number of hydrogen-bond acceptors (Lipinski definition) is 3. The molecule has 0 radical (unpaired) electrons. The summed E-state index contributed by atoms with van der Waals surface area (Å²) in [5.41, 5.74) is 19.5. The van der Waals surface area contributed by atoms with Crippen molar-refractivity contribution in [2.24, 2.45) is 0 Å². The minimum atomic E-state index is -0.284. The third kappa shape index (κ3) is 5.18. The summed E-state index contributed by atoms with van der Waals surface area (Å²) in [6.07, 6.45) is 0. The van der Waals surface area contributed by atoms with Crippen LogP contribution in [-0.4, -0.2) is 4.40 Å². The normalized spacial score (nSPS) is 13.2. The van der Waals surface area contributed by atoms with Crippen LogP contribution in [0.15, 0.2) is 168 Å². The van der Waals surface area contributed by atoms with Crippen LogP contribution in [0, 0.1) is 27.7 Å². The number of rotatable bonds is 6. The number of aromatic nitrogens is 1. The molecule has 11 aromatic rings. The van der Waals surface area contributed by atoms with Crippen molar-refractivity contribution in [2.75, 3.05) is 9.80 Å². The quantitative estimate of drug-likeness (QED) is 0.168. The van der Waals surface area contributed by atoms with Crippen molar-refractivity contribution in [3.8, 4) is 11.3 Å². The van der Waals surface area contributed by atoms with Gasteiger partial charge < -0.3 is 14.2 Å². The van der Waals surface area contributed by atoms with Gasteiger partial charge in [-0.2, -0.15) is 0 Å². The zero-order chi connectivity index (χ0) is 41.3. The van der Waals surface area contributed by atoms with Crippen LogP contribution in [0.2, 0.25) is 0 Å². The molecule has 61 heavy (non-hydrogen) atoms. The smallest absolute Gasteiger partial charge is 0.213 e. The first-order valence-electron chi connectivity index (χ1n) is 21.3. The van der Waals surface area contributed by atoms with Gasteiger partial charge in [0.2, 0.25) is 5.71 Å². The molecule has 0 N–H and O–H groups in total. The number of nitrogens with zero attached hydrogens (tertiary/aromatic N) is 3. The second kappa shape index (κ2) is 12.8. The molecule has 1 aliphatic rings. The predicted molar refractivity (Wildman–Crippen MR) is 257 cm³/mol. The highest BCUT2D eigenvalue weighted by atomic mass is 16.3. The molecular weight excluding hydrogens is 743 g/mol. The van der Waals surface area contributed by atoms with E-state index in [9.17, 15) is 0 Å². The Balaban J connectivity index is 1.12. The Hall–Kier alpha value is -7.30. The molecule has 3 aromatic heterocycles. The molecule has 0 saturated carbocycles. The van der Waals surface area contributed by atoms with Gasteiger partial charge in [-0.3, -0.25) is 4.40 Å². The average molecular weight is 788 g/mol. The predicted octanol–water partition coefficient (Wildman–Crippen LogP) is 16.1. The van der Waals surface area contributed by atoms with E-state index in [1.165, 1.54) is 77.1 Å².